The number of nitrogens with two attached hydrogens (primary N) is 1. The summed E-state index contributed by atoms with van der Waals surface area (Å²) in [6.07, 6.45) is 4.39. The van der Waals surface area contributed by atoms with Crippen molar-refractivity contribution in [3.05, 3.63) is 18.0 Å². The van der Waals surface area contributed by atoms with Gasteiger partial charge in [0, 0.05) is 26.3 Å². The van der Waals surface area contributed by atoms with Gasteiger partial charge in [0.25, 0.3) is 0 Å². The maximum Gasteiger partial charge on any atom is 0.224 e. The molecule has 1 rings (SSSR count). The van der Waals surface area contributed by atoms with Crippen molar-refractivity contribution < 1.29 is 4.79 Å². The third-order valence-electron chi connectivity index (χ3n) is 2.39. The van der Waals surface area contributed by atoms with Crippen LogP contribution in [0.3, 0.4) is 0 Å². The second-order valence-electron chi connectivity index (χ2n) is 3.46. The van der Waals surface area contributed by atoms with Crippen LogP contribution in [-0.4, -0.2) is 29.3 Å². The summed E-state index contributed by atoms with van der Waals surface area (Å²) in [6, 6.07) is 0. The second kappa shape index (κ2) is 5.50. The molecule has 0 radical (unpaired) electrons. The second-order valence-corrected chi connectivity index (χ2v) is 3.46. The van der Waals surface area contributed by atoms with E-state index >= 15 is 0 Å². The van der Waals surface area contributed by atoms with Crippen LogP contribution in [0.25, 0.3) is 0 Å². The lowest BCUT2D eigenvalue weighted by Crippen LogP contribution is -2.33. The van der Waals surface area contributed by atoms with E-state index in [9.17, 15) is 4.79 Å². The van der Waals surface area contributed by atoms with Gasteiger partial charge < -0.3 is 11.1 Å². The zero-order valence-electron chi connectivity index (χ0n) is 9.23. The van der Waals surface area contributed by atoms with Gasteiger partial charge in [-0.1, -0.05) is 0 Å². The molecule has 0 aliphatic carbocycles. The van der Waals surface area contributed by atoms with Crippen LogP contribution in [0.5, 0.6) is 0 Å². The lowest BCUT2D eigenvalue weighted by atomic mass is 10.0. The monoisotopic (exact) mass is 210 g/mol. The normalized spacial score (nSPS) is 12.5. The first-order valence-corrected chi connectivity index (χ1v) is 5.14. The number of amides is 1. The van der Waals surface area contributed by atoms with E-state index in [-0.39, 0.29) is 11.8 Å². The Morgan fingerprint density at radius 2 is 2.47 bits per heavy atom. The summed E-state index contributed by atoms with van der Waals surface area (Å²) in [6.45, 7) is 3.22. The van der Waals surface area contributed by atoms with Gasteiger partial charge in [-0.15, -0.1) is 0 Å². The van der Waals surface area contributed by atoms with Crippen molar-refractivity contribution in [2.24, 2.45) is 11.7 Å². The fourth-order valence-corrected chi connectivity index (χ4v) is 1.46. The number of rotatable bonds is 5. The van der Waals surface area contributed by atoms with Crippen LogP contribution in [0, 0.1) is 5.92 Å². The molecule has 0 aliphatic heterocycles. The van der Waals surface area contributed by atoms with Crippen LogP contribution in [0.1, 0.15) is 12.5 Å². The molecule has 1 aromatic heterocycles. The Labute approximate surface area is 89.6 Å². The molecule has 0 bridgehead atoms. The van der Waals surface area contributed by atoms with Crippen molar-refractivity contribution in [1.82, 2.24) is 15.1 Å². The highest BCUT2D eigenvalue weighted by molar-refractivity contribution is 5.78. The van der Waals surface area contributed by atoms with Crippen LogP contribution in [0.2, 0.25) is 0 Å². The summed E-state index contributed by atoms with van der Waals surface area (Å²) in [5.41, 5.74) is 6.60. The Kier molecular flexibility index (Phi) is 4.30. The van der Waals surface area contributed by atoms with Crippen molar-refractivity contribution in [1.29, 1.82) is 0 Å². The summed E-state index contributed by atoms with van der Waals surface area (Å²) in [5.74, 6) is -0.175. The number of aryl methyl sites for hydroxylation is 1. The molecule has 0 aliphatic rings. The molecule has 0 spiro atoms. The summed E-state index contributed by atoms with van der Waals surface area (Å²) in [4.78, 5) is 11.4. The Hall–Kier alpha value is -1.36. The molecule has 5 heteroatoms. The van der Waals surface area contributed by atoms with Gasteiger partial charge in [-0.2, -0.15) is 5.10 Å². The standard InChI is InChI=1S/C10H18N4O/c1-3-14-7-8(6-13-14)4-9(5-11)10(15)12-2/h6-7,9H,3-5,11H2,1-2H3,(H,12,15). The maximum atomic E-state index is 11.4. The molecule has 1 heterocycles. The average Bonchev–Trinajstić information content (AvgIpc) is 2.72. The number of aromatic nitrogens is 2. The summed E-state index contributed by atoms with van der Waals surface area (Å²) in [5, 5.41) is 6.76. The number of carbonyl (C=O) groups is 1. The van der Waals surface area contributed by atoms with Gasteiger partial charge in [-0.3, -0.25) is 9.48 Å². The minimum Gasteiger partial charge on any atom is -0.359 e. The zero-order chi connectivity index (χ0) is 11.3. The smallest absolute Gasteiger partial charge is 0.224 e. The fraction of sp³-hybridized carbons (Fsp3) is 0.600. The molecule has 0 aromatic carbocycles. The first-order valence-electron chi connectivity index (χ1n) is 5.14. The van der Waals surface area contributed by atoms with Crippen LogP contribution in [0.4, 0.5) is 0 Å². The van der Waals surface area contributed by atoms with E-state index in [0.29, 0.717) is 13.0 Å². The molecule has 1 atom stereocenters. The minimum absolute atomic E-state index is 0.0123. The van der Waals surface area contributed by atoms with E-state index in [0.717, 1.165) is 12.1 Å². The number of hydrogen-bond donors (Lipinski definition) is 2. The van der Waals surface area contributed by atoms with Crippen LogP contribution >= 0.6 is 0 Å². The van der Waals surface area contributed by atoms with Crippen molar-refractivity contribution in [3.8, 4) is 0 Å². The number of carbonyl (C=O) groups excluding carboxylic acids is 1. The highest BCUT2D eigenvalue weighted by Crippen LogP contribution is 2.07. The molecule has 1 amide bonds. The van der Waals surface area contributed by atoms with Gasteiger partial charge >= 0.3 is 0 Å². The quantitative estimate of drug-likeness (QED) is 0.705. The average molecular weight is 210 g/mol. The summed E-state index contributed by atoms with van der Waals surface area (Å²) < 4.78 is 1.84. The Morgan fingerprint density at radius 3 is 2.93 bits per heavy atom. The van der Waals surface area contributed by atoms with Gasteiger partial charge in [-0.25, -0.2) is 0 Å². The lowest BCUT2D eigenvalue weighted by molar-refractivity contribution is -0.124. The Balaban J connectivity index is 2.62. The van der Waals surface area contributed by atoms with Crippen LogP contribution in [-0.2, 0) is 17.8 Å². The number of nitrogens with one attached hydrogen (secondary N) is 1. The molecular weight excluding hydrogens is 192 g/mol. The van der Waals surface area contributed by atoms with Crippen molar-refractivity contribution >= 4 is 5.91 Å². The minimum atomic E-state index is -0.162. The van der Waals surface area contributed by atoms with Gasteiger partial charge in [0.2, 0.25) is 5.91 Å². The largest absolute Gasteiger partial charge is 0.359 e. The molecule has 3 N–H and O–H groups in total. The topological polar surface area (TPSA) is 72.9 Å². The van der Waals surface area contributed by atoms with Gasteiger partial charge in [0.05, 0.1) is 12.1 Å². The number of nitrogens with zero attached hydrogens (tertiary/aromatic N) is 2. The molecule has 0 saturated carbocycles. The first kappa shape index (κ1) is 11.7. The van der Waals surface area contributed by atoms with Gasteiger partial charge in [0.1, 0.15) is 0 Å². The Bertz CT molecular complexity index is 321. The third kappa shape index (κ3) is 3.06. The van der Waals surface area contributed by atoms with Crippen molar-refractivity contribution in [2.45, 2.75) is 19.9 Å². The van der Waals surface area contributed by atoms with E-state index in [1.54, 1.807) is 13.2 Å². The van der Waals surface area contributed by atoms with Crippen LogP contribution in [0.15, 0.2) is 12.4 Å². The van der Waals surface area contributed by atoms with E-state index in [2.05, 4.69) is 10.4 Å². The third-order valence-corrected chi connectivity index (χ3v) is 2.39. The molecule has 1 aromatic rings. The Morgan fingerprint density at radius 1 is 1.73 bits per heavy atom. The maximum absolute atomic E-state index is 11.4. The summed E-state index contributed by atoms with van der Waals surface area (Å²) >= 11 is 0. The van der Waals surface area contributed by atoms with Crippen molar-refractivity contribution in [2.75, 3.05) is 13.6 Å². The lowest BCUT2D eigenvalue weighted by Gasteiger charge is -2.11. The highest BCUT2D eigenvalue weighted by atomic mass is 16.1. The summed E-state index contributed by atoms with van der Waals surface area (Å²) in [7, 11) is 1.63. The van der Waals surface area contributed by atoms with Crippen molar-refractivity contribution in [3.63, 3.8) is 0 Å². The molecule has 0 fully saturated rings. The molecule has 84 valence electrons. The molecule has 5 nitrogen and oxygen atoms in total. The SMILES string of the molecule is CCn1cc(CC(CN)C(=O)NC)cn1. The van der Waals surface area contributed by atoms with Crippen LogP contribution < -0.4 is 11.1 Å². The highest BCUT2D eigenvalue weighted by Gasteiger charge is 2.16. The predicted molar refractivity (Wildman–Crippen MR) is 58.2 cm³/mol. The fourth-order valence-electron chi connectivity index (χ4n) is 1.46. The van der Waals surface area contributed by atoms with Gasteiger partial charge in [0.15, 0.2) is 0 Å². The van der Waals surface area contributed by atoms with E-state index in [1.165, 1.54) is 0 Å². The van der Waals surface area contributed by atoms with E-state index < -0.39 is 0 Å². The predicted octanol–water partition coefficient (Wildman–Crippen LogP) is -0.234. The van der Waals surface area contributed by atoms with E-state index in [1.807, 2.05) is 17.8 Å². The van der Waals surface area contributed by atoms with Gasteiger partial charge in [-0.05, 0) is 18.9 Å². The molecule has 15 heavy (non-hydrogen) atoms. The molecule has 0 saturated heterocycles. The zero-order valence-corrected chi connectivity index (χ0v) is 9.23. The molecular formula is C10H18N4O. The first-order chi connectivity index (χ1) is 7.21. The molecule has 1 unspecified atom stereocenters. The number of hydrogen-bond acceptors (Lipinski definition) is 3. The van der Waals surface area contributed by atoms with E-state index in [4.69, 9.17) is 5.73 Å².